The van der Waals surface area contributed by atoms with Gasteiger partial charge >= 0.3 is 0 Å². The first kappa shape index (κ1) is 24.6. The van der Waals surface area contributed by atoms with Crippen molar-refractivity contribution < 1.29 is 9.84 Å². The van der Waals surface area contributed by atoms with Crippen LogP contribution in [-0.2, 0) is 11.3 Å². The maximum atomic E-state index is 10.4. The molecular weight excluding hydrogens is 376 g/mol. The number of rotatable bonds is 12. The molecule has 0 amide bonds. The van der Waals surface area contributed by atoms with Crippen LogP contribution >= 0.6 is 0 Å². The van der Waals surface area contributed by atoms with Gasteiger partial charge in [0.15, 0.2) is 5.96 Å². The summed E-state index contributed by atoms with van der Waals surface area (Å²) in [5.41, 5.74) is 0.679. The summed E-state index contributed by atoms with van der Waals surface area (Å²) < 4.78 is 6.11. The molecule has 0 bridgehead atoms. The molecule has 1 saturated heterocycles. The Bertz CT molecular complexity index is 596. The van der Waals surface area contributed by atoms with E-state index in [0.29, 0.717) is 25.5 Å². The molecule has 2 rings (SSSR count). The maximum absolute atomic E-state index is 10.4. The van der Waals surface area contributed by atoms with Crippen molar-refractivity contribution in [1.82, 2.24) is 15.5 Å². The smallest absolute Gasteiger partial charge is 0.191 e. The Balaban J connectivity index is 1.60. The lowest BCUT2D eigenvalue weighted by atomic mass is 9.98. The average Bonchev–Trinajstić information content (AvgIpc) is 2.78. The molecule has 3 N–H and O–H groups in total. The number of nitrogens with zero attached hydrogens (tertiary/aromatic N) is 2. The van der Waals surface area contributed by atoms with Crippen LogP contribution in [0.1, 0.15) is 58.4 Å². The van der Waals surface area contributed by atoms with Gasteiger partial charge in [0, 0.05) is 39.3 Å². The summed E-state index contributed by atoms with van der Waals surface area (Å²) in [4.78, 5) is 7.07. The first-order valence-electron chi connectivity index (χ1n) is 11.7. The predicted octanol–water partition coefficient (Wildman–Crippen LogP) is 3.16. The molecule has 1 aliphatic heterocycles. The van der Waals surface area contributed by atoms with Gasteiger partial charge < -0.3 is 20.5 Å². The molecule has 0 unspecified atom stereocenters. The molecule has 6 nitrogen and oxygen atoms in total. The van der Waals surface area contributed by atoms with Crippen LogP contribution in [0.5, 0.6) is 0 Å². The molecule has 0 saturated carbocycles. The highest BCUT2D eigenvalue weighted by Crippen LogP contribution is 2.16. The van der Waals surface area contributed by atoms with Gasteiger partial charge in [-0.05, 0) is 44.6 Å². The first-order valence-corrected chi connectivity index (χ1v) is 11.7. The van der Waals surface area contributed by atoms with E-state index in [9.17, 15) is 5.11 Å². The highest BCUT2D eigenvalue weighted by Gasteiger charge is 2.22. The second-order valence-electron chi connectivity index (χ2n) is 8.24. The molecular formula is C24H42N4O2. The molecule has 1 fully saturated rings. The molecule has 6 heteroatoms. The molecule has 170 valence electrons. The van der Waals surface area contributed by atoms with Gasteiger partial charge in [-0.15, -0.1) is 0 Å². The van der Waals surface area contributed by atoms with E-state index in [4.69, 9.17) is 4.74 Å². The lowest BCUT2D eigenvalue weighted by molar-refractivity contribution is 0.00533. The number of aliphatic hydroxyl groups is 1. The van der Waals surface area contributed by atoms with Gasteiger partial charge in [-0.2, -0.15) is 0 Å². The summed E-state index contributed by atoms with van der Waals surface area (Å²) in [6, 6.07) is 10.7. The fraction of sp³-hybridized carbons (Fsp3) is 0.708. The van der Waals surface area contributed by atoms with E-state index in [1.807, 2.05) is 13.8 Å². The summed E-state index contributed by atoms with van der Waals surface area (Å²) in [6.07, 6.45) is 4.96. The van der Waals surface area contributed by atoms with Crippen molar-refractivity contribution in [3.63, 3.8) is 0 Å². The Morgan fingerprint density at radius 2 is 1.83 bits per heavy atom. The summed E-state index contributed by atoms with van der Waals surface area (Å²) in [6.45, 7) is 12.1. The average molecular weight is 419 g/mol. The van der Waals surface area contributed by atoms with Gasteiger partial charge in [0.2, 0.25) is 0 Å². The van der Waals surface area contributed by atoms with Gasteiger partial charge in [-0.1, -0.05) is 44.2 Å². The van der Waals surface area contributed by atoms with Crippen LogP contribution in [0, 0.1) is 0 Å². The molecule has 30 heavy (non-hydrogen) atoms. The number of hydrogen-bond donors (Lipinski definition) is 3. The minimum absolute atomic E-state index is 0.378. The standard InChI is InChI=1S/C24H42N4O2/c1-4-24(29,5-2)20-27-23(25-6-3)26-15-10-18-30-22-13-16-28(17-14-22)19-21-11-8-7-9-12-21/h7-9,11-12,22,29H,4-6,10,13-20H2,1-3H3,(H2,25,26,27). The third-order valence-corrected chi connectivity index (χ3v) is 5.94. The Morgan fingerprint density at radius 1 is 1.13 bits per heavy atom. The predicted molar refractivity (Wildman–Crippen MR) is 125 cm³/mol. The molecule has 0 radical (unpaired) electrons. The van der Waals surface area contributed by atoms with Crippen molar-refractivity contribution in [2.75, 3.05) is 39.3 Å². The monoisotopic (exact) mass is 418 g/mol. The molecule has 0 atom stereocenters. The normalized spacial score (nSPS) is 16.6. The number of nitrogens with one attached hydrogen (secondary N) is 2. The fourth-order valence-corrected chi connectivity index (χ4v) is 3.65. The van der Waals surface area contributed by atoms with Crippen LogP contribution in [0.15, 0.2) is 35.3 Å². The number of piperidine rings is 1. The number of guanidine groups is 1. The Morgan fingerprint density at radius 3 is 2.47 bits per heavy atom. The summed E-state index contributed by atoms with van der Waals surface area (Å²) in [5, 5.41) is 17.0. The topological polar surface area (TPSA) is 69.1 Å². The van der Waals surface area contributed by atoms with Crippen molar-refractivity contribution in [1.29, 1.82) is 0 Å². The van der Waals surface area contributed by atoms with Gasteiger partial charge in [0.05, 0.1) is 18.2 Å². The highest BCUT2D eigenvalue weighted by molar-refractivity contribution is 5.79. The molecule has 0 aliphatic carbocycles. The zero-order valence-corrected chi connectivity index (χ0v) is 19.2. The minimum Gasteiger partial charge on any atom is -0.388 e. The molecule has 1 aromatic rings. The lowest BCUT2D eigenvalue weighted by Crippen LogP contribution is -2.40. The van der Waals surface area contributed by atoms with Crippen molar-refractivity contribution in [3.05, 3.63) is 35.9 Å². The van der Waals surface area contributed by atoms with Crippen LogP contribution in [0.25, 0.3) is 0 Å². The van der Waals surface area contributed by atoms with Crippen molar-refractivity contribution in [2.45, 2.75) is 71.1 Å². The van der Waals surface area contributed by atoms with Crippen LogP contribution in [0.2, 0.25) is 0 Å². The molecule has 0 spiro atoms. The summed E-state index contributed by atoms with van der Waals surface area (Å²) in [7, 11) is 0. The van der Waals surface area contributed by atoms with E-state index in [2.05, 4.69) is 57.8 Å². The Labute approximate surface area is 183 Å². The number of ether oxygens (including phenoxy) is 1. The first-order chi connectivity index (χ1) is 14.6. The van der Waals surface area contributed by atoms with Crippen LogP contribution in [-0.4, -0.2) is 67.0 Å². The minimum atomic E-state index is -0.708. The lowest BCUT2D eigenvalue weighted by Gasteiger charge is -2.32. The Hall–Kier alpha value is -1.63. The fourth-order valence-electron chi connectivity index (χ4n) is 3.65. The number of aliphatic imine (C=N–C) groups is 1. The van der Waals surface area contributed by atoms with Crippen LogP contribution in [0.3, 0.4) is 0 Å². The van der Waals surface area contributed by atoms with E-state index < -0.39 is 5.60 Å². The summed E-state index contributed by atoms with van der Waals surface area (Å²) >= 11 is 0. The van der Waals surface area contributed by atoms with E-state index >= 15 is 0 Å². The second kappa shape index (κ2) is 13.6. The van der Waals surface area contributed by atoms with Crippen molar-refractivity contribution >= 4 is 5.96 Å². The third kappa shape index (κ3) is 9.02. The molecule has 0 aromatic heterocycles. The Kier molecular flexibility index (Phi) is 11.2. The molecule has 1 aromatic carbocycles. The van der Waals surface area contributed by atoms with Crippen molar-refractivity contribution in [2.24, 2.45) is 4.99 Å². The second-order valence-corrected chi connectivity index (χ2v) is 8.24. The third-order valence-electron chi connectivity index (χ3n) is 5.94. The number of likely N-dealkylation sites (tertiary alicyclic amines) is 1. The molecule has 1 heterocycles. The van der Waals surface area contributed by atoms with E-state index in [0.717, 1.165) is 64.6 Å². The van der Waals surface area contributed by atoms with Gasteiger partial charge in [0.1, 0.15) is 0 Å². The number of hydrogen-bond acceptors (Lipinski definition) is 4. The zero-order valence-electron chi connectivity index (χ0n) is 19.2. The van der Waals surface area contributed by atoms with Crippen molar-refractivity contribution in [3.8, 4) is 0 Å². The van der Waals surface area contributed by atoms with Crippen LogP contribution in [0.4, 0.5) is 0 Å². The molecule has 1 aliphatic rings. The number of benzene rings is 1. The van der Waals surface area contributed by atoms with E-state index in [-0.39, 0.29) is 0 Å². The maximum Gasteiger partial charge on any atom is 0.191 e. The van der Waals surface area contributed by atoms with Gasteiger partial charge in [0.25, 0.3) is 0 Å². The summed E-state index contributed by atoms with van der Waals surface area (Å²) in [5.74, 6) is 0.770. The van der Waals surface area contributed by atoms with Gasteiger partial charge in [-0.3, -0.25) is 9.89 Å². The van der Waals surface area contributed by atoms with E-state index in [1.54, 1.807) is 0 Å². The van der Waals surface area contributed by atoms with Gasteiger partial charge in [-0.25, -0.2) is 0 Å². The SMILES string of the molecule is CCNC(=NCC(O)(CC)CC)NCCCOC1CCN(Cc2ccccc2)CC1. The largest absolute Gasteiger partial charge is 0.388 e. The quantitative estimate of drug-likeness (QED) is 0.276. The van der Waals surface area contributed by atoms with E-state index in [1.165, 1.54) is 5.56 Å². The highest BCUT2D eigenvalue weighted by atomic mass is 16.5. The zero-order chi connectivity index (χ0) is 21.7. The van der Waals surface area contributed by atoms with Crippen LogP contribution < -0.4 is 10.6 Å².